The highest BCUT2D eigenvalue weighted by Crippen LogP contribution is 2.21. The number of hydrogen-bond acceptors (Lipinski definition) is 5. The molecule has 1 amide bonds. The number of nitrogens with zero attached hydrogens (tertiary/aromatic N) is 5. The van der Waals surface area contributed by atoms with Gasteiger partial charge in [-0.15, -0.1) is 10.2 Å². The zero-order valence-corrected chi connectivity index (χ0v) is 16.2. The summed E-state index contributed by atoms with van der Waals surface area (Å²) in [4.78, 5) is 12.7. The average molecular weight is 390 g/mol. The molecule has 1 aromatic carbocycles. The zero-order valence-electron chi connectivity index (χ0n) is 16.2. The Kier molecular flexibility index (Phi) is 5.09. The van der Waals surface area contributed by atoms with Crippen LogP contribution in [0.5, 0.6) is 0 Å². The number of hydrogen-bond donors (Lipinski definition) is 2. The van der Waals surface area contributed by atoms with E-state index in [1.807, 2.05) is 50.4 Å². The predicted molar refractivity (Wildman–Crippen MR) is 108 cm³/mol. The smallest absolute Gasteiger partial charge is 0.253 e. The van der Waals surface area contributed by atoms with Crippen LogP contribution in [-0.4, -0.2) is 35.4 Å². The van der Waals surface area contributed by atoms with Gasteiger partial charge in [-0.2, -0.15) is 5.10 Å². The maximum absolute atomic E-state index is 12.7. The number of para-hydroxylation sites is 1. The summed E-state index contributed by atoms with van der Waals surface area (Å²) < 4.78 is 3.43. The van der Waals surface area contributed by atoms with E-state index in [2.05, 4.69) is 20.6 Å². The van der Waals surface area contributed by atoms with Crippen LogP contribution in [0, 0.1) is 5.92 Å². The summed E-state index contributed by atoms with van der Waals surface area (Å²) in [5, 5.41) is 25.7. The lowest BCUT2D eigenvalue weighted by molar-refractivity contribution is 0.0949. The lowest BCUT2D eigenvalue weighted by Crippen LogP contribution is -2.24. The van der Waals surface area contributed by atoms with Gasteiger partial charge in [-0.25, -0.2) is 4.68 Å². The molecule has 0 aliphatic heterocycles. The number of aromatic nitrogens is 5. The molecule has 29 heavy (non-hydrogen) atoms. The third kappa shape index (κ3) is 3.74. The van der Waals surface area contributed by atoms with E-state index in [9.17, 15) is 9.90 Å². The summed E-state index contributed by atoms with van der Waals surface area (Å²) in [5.41, 5.74) is 2.91. The van der Waals surface area contributed by atoms with Gasteiger partial charge in [0.15, 0.2) is 11.5 Å². The van der Waals surface area contributed by atoms with E-state index < -0.39 is 6.10 Å². The Hall–Kier alpha value is -3.52. The topological polar surface area (TPSA) is 97.3 Å². The van der Waals surface area contributed by atoms with Crippen molar-refractivity contribution in [3.63, 3.8) is 0 Å². The minimum Gasteiger partial charge on any atom is -0.385 e. The minimum atomic E-state index is -0.760. The van der Waals surface area contributed by atoms with Gasteiger partial charge < -0.3 is 10.4 Å². The fourth-order valence-electron chi connectivity index (χ4n) is 3.12. The molecule has 8 nitrogen and oxygen atoms in total. The Morgan fingerprint density at radius 1 is 1.14 bits per heavy atom. The summed E-state index contributed by atoms with van der Waals surface area (Å²) in [7, 11) is 0. The number of carbonyl (C=O) groups excluding carboxylic acids is 1. The third-order valence-corrected chi connectivity index (χ3v) is 4.77. The van der Waals surface area contributed by atoms with E-state index in [-0.39, 0.29) is 11.8 Å². The summed E-state index contributed by atoms with van der Waals surface area (Å²) >= 11 is 0. The number of pyridine rings is 1. The molecule has 1 unspecified atom stereocenters. The molecule has 8 heteroatoms. The van der Waals surface area contributed by atoms with Crippen molar-refractivity contribution in [3.05, 3.63) is 78.0 Å². The second-order valence-electron chi connectivity index (χ2n) is 7.16. The van der Waals surface area contributed by atoms with Gasteiger partial charge in [0.1, 0.15) is 6.10 Å². The Morgan fingerprint density at radius 3 is 2.72 bits per heavy atom. The number of benzene rings is 1. The maximum Gasteiger partial charge on any atom is 0.253 e. The van der Waals surface area contributed by atoms with Crippen molar-refractivity contribution in [3.8, 4) is 5.69 Å². The lowest BCUT2D eigenvalue weighted by atomic mass is 10.1. The van der Waals surface area contributed by atoms with Gasteiger partial charge in [0.25, 0.3) is 5.91 Å². The Bertz CT molecular complexity index is 1130. The van der Waals surface area contributed by atoms with E-state index in [0.29, 0.717) is 23.6 Å². The number of carbonyl (C=O) groups is 1. The van der Waals surface area contributed by atoms with E-state index in [4.69, 9.17) is 0 Å². The van der Waals surface area contributed by atoms with Crippen molar-refractivity contribution in [1.82, 2.24) is 29.7 Å². The highest BCUT2D eigenvalue weighted by Gasteiger charge is 2.19. The van der Waals surface area contributed by atoms with Gasteiger partial charge in [-0.3, -0.25) is 9.20 Å². The molecule has 0 aliphatic rings. The number of aliphatic hydroxyl groups excluding tert-OH is 1. The molecular weight excluding hydrogens is 368 g/mol. The molecule has 0 saturated carbocycles. The van der Waals surface area contributed by atoms with Crippen LogP contribution in [0.25, 0.3) is 11.3 Å². The highest BCUT2D eigenvalue weighted by atomic mass is 16.3. The molecule has 2 N–H and O–H groups in total. The number of aliphatic hydroxyl groups is 1. The van der Waals surface area contributed by atoms with Crippen LogP contribution in [0.3, 0.4) is 0 Å². The fourth-order valence-corrected chi connectivity index (χ4v) is 3.12. The summed E-state index contributed by atoms with van der Waals surface area (Å²) in [6.07, 6.45) is 4.48. The molecule has 1 atom stereocenters. The second kappa shape index (κ2) is 7.84. The second-order valence-corrected chi connectivity index (χ2v) is 7.16. The molecule has 3 heterocycles. The van der Waals surface area contributed by atoms with Crippen molar-refractivity contribution in [2.75, 3.05) is 0 Å². The summed E-state index contributed by atoms with van der Waals surface area (Å²) in [6, 6.07) is 13.0. The first-order valence-electron chi connectivity index (χ1n) is 9.43. The first-order valence-corrected chi connectivity index (χ1v) is 9.43. The van der Waals surface area contributed by atoms with Crippen LogP contribution in [0.4, 0.5) is 0 Å². The van der Waals surface area contributed by atoms with Crippen LogP contribution < -0.4 is 5.32 Å². The molecule has 148 valence electrons. The quantitative estimate of drug-likeness (QED) is 0.527. The monoisotopic (exact) mass is 390 g/mol. The van der Waals surface area contributed by atoms with Gasteiger partial charge in [-0.05, 0) is 35.7 Å². The molecular formula is C21H22N6O2. The Morgan fingerprint density at radius 2 is 1.97 bits per heavy atom. The molecule has 0 radical (unpaired) electrons. The number of amides is 1. The Balaban J connectivity index is 1.55. The predicted octanol–water partition coefficient (Wildman–Crippen LogP) is 2.53. The fraction of sp³-hybridized carbons (Fsp3) is 0.238. The van der Waals surface area contributed by atoms with Crippen molar-refractivity contribution < 1.29 is 9.90 Å². The van der Waals surface area contributed by atoms with Crippen molar-refractivity contribution >= 4 is 11.6 Å². The molecule has 0 bridgehead atoms. The van der Waals surface area contributed by atoms with Gasteiger partial charge in [0.2, 0.25) is 0 Å². The van der Waals surface area contributed by atoms with E-state index >= 15 is 0 Å². The van der Waals surface area contributed by atoms with E-state index in [1.54, 1.807) is 33.6 Å². The molecule has 0 aliphatic carbocycles. The third-order valence-electron chi connectivity index (χ3n) is 4.77. The minimum absolute atomic E-state index is 0.0151. The van der Waals surface area contributed by atoms with Crippen LogP contribution in [0.1, 0.15) is 41.7 Å². The number of rotatable bonds is 6. The van der Waals surface area contributed by atoms with Gasteiger partial charge in [0, 0.05) is 25.1 Å². The molecule has 4 rings (SSSR count). The van der Waals surface area contributed by atoms with Crippen LogP contribution in [-0.2, 0) is 6.54 Å². The number of nitrogens with one attached hydrogen (secondary N) is 1. The molecule has 0 fully saturated rings. The lowest BCUT2D eigenvalue weighted by Gasteiger charge is -2.13. The van der Waals surface area contributed by atoms with Crippen molar-refractivity contribution in [2.24, 2.45) is 5.92 Å². The van der Waals surface area contributed by atoms with Crippen LogP contribution in [0.15, 0.2) is 61.1 Å². The zero-order chi connectivity index (χ0) is 20.4. The maximum atomic E-state index is 12.7. The van der Waals surface area contributed by atoms with Crippen molar-refractivity contribution in [1.29, 1.82) is 0 Å². The van der Waals surface area contributed by atoms with Gasteiger partial charge in [-0.1, -0.05) is 32.0 Å². The summed E-state index contributed by atoms with van der Waals surface area (Å²) in [6.45, 7) is 4.16. The molecule has 3 aromatic heterocycles. The first kappa shape index (κ1) is 18.8. The SMILES string of the molecule is CC(C)C(O)c1nnc2ccc(C(=O)NCc3ccccc3-n3cccn3)cn12. The highest BCUT2D eigenvalue weighted by molar-refractivity contribution is 5.94. The standard InChI is InChI=1S/C21H22N6O2/c1-14(2)19(28)20-25-24-18-9-8-16(13-26(18)20)21(29)22-12-15-6-3-4-7-17(15)27-11-5-10-23-27/h3-11,13-14,19,28H,12H2,1-2H3,(H,22,29). The summed E-state index contributed by atoms with van der Waals surface area (Å²) in [5.74, 6) is 0.188. The van der Waals surface area contributed by atoms with Crippen LogP contribution in [0.2, 0.25) is 0 Å². The molecule has 4 aromatic rings. The van der Waals surface area contributed by atoms with Gasteiger partial charge in [0.05, 0.1) is 11.3 Å². The molecule has 0 saturated heterocycles. The Labute approximate surface area is 167 Å². The normalized spacial score (nSPS) is 12.4. The van der Waals surface area contributed by atoms with Crippen molar-refractivity contribution in [2.45, 2.75) is 26.5 Å². The average Bonchev–Trinajstić information content (AvgIpc) is 3.41. The van der Waals surface area contributed by atoms with E-state index in [0.717, 1.165) is 11.3 Å². The van der Waals surface area contributed by atoms with E-state index in [1.165, 1.54) is 0 Å². The molecule has 0 spiro atoms. The first-order chi connectivity index (χ1) is 14.0. The number of fused-ring (bicyclic) bond motifs is 1. The van der Waals surface area contributed by atoms with Gasteiger partial charge >= 0.3 is 0 Å². The van der Waals surface area contributed by atoms with Crippen LogP contribution >= 0.6 is 0 Å². The largest absolute Gasteiger partial charge is 0.385 e.